The van der Waals surface area contributed by atoms with Gasteiger partial charge in [-0.2, -0.15) is 0 Å². The Kier molecular flexibility index (Phi) is 8.31. The van der Waals surface area contributed by atoms with Crippen LogP contribution in [0.2, 0.25) is 0 Å². The number of urea groups is 1. The van der Waals surface area contributed by atoms with Crippen LogP contribution in [0.5, 0.6) is 0 Å². The number of hydrogen-bond acceptors (Lipinski definition) is 4. The Labute approximate surface area is 170 Å². The Morgan fingerprint density at radius 3 is 2.50 bits per heavy atom. The lowest BCUT2D eigenvalue weighted by molar-refractivity contribution is 0.185. The molecule has 0 aliphatic heterocycles. The van der Waals surface area contributed by atoms with Gasteiger partial charge in [0.25, 0.3) is 0 Å². The van der Waals surface area contributed by atoms with Gasteiger partial charge in [-0.05, 0) is 63.4 Å². The Bertz CT molecular complexity index is 758. The molecular weight excluding hydrogens is 374 g/mol. The van der Waals surface area contributed by atoms with Crippen molar-refractivity contribution in [3.63, 3.8) is 0 Å². The molecule has 0 fully saturated rings. The molecule has 0 spiro atoms. The second-order valence-electron chi connectivity index (χ2n) is 7.61. The Morgan fingerprint density at radius 1 is 1.14 bits per heavy atom. The third kappa shape index (κ3) is 5.70. The lowest BCUT2D eigenvalue weighted by atomic mass is 10.1. The fraction of sp³-hybridized carbons (Fsp3) is 0.667. The number of sulfone groups is 1. The fourth-order valence-electron chi connectivity index (χ4n) is 3.76. The van der Waals surface area contributed by atoms with Gasteiger partial charge in [-0.25, -0.2) is 13.2 Å². The van der Waals surface area contributed by atoms with Crippen LogP contribution < -0.4 is 5.32 Å². The van der Waals surface area contributed by atoms with Crippen molar-refractivity contribution in [2.45, 2.75) is 57.9 Å². The summed E-state index contributed by atoms with van der Waals surface area (Å²) in [5.74, 6) is -0.0505. The summed E-state index contributed by atoms with van der Waals surface area (Å²) in [5.41, 5.74) is 2.12. The van der Waals surface area contributed by atoms with Crippen molar-refractivity contribution in [2.75, 3.05) is 38.5 Å². The molecule has 7 heteroatoms. The quantitative estimate of drug-likeness (QED) is 0.645. The average molecular weight is 410 g/mol. The molecule has 0 radical (unpaired) electrons. The summed E-state index contributed by atoms with van der Waals surface area (Å²) >= 11 is 0. The average Bonchev–Trinajstić information content (AvgIpc) is 3.13. The van der Waals surface area contributed by atoms with E-state index in [2.05, 4.69) is 24.1 Å². The SMILES string of the molecule is CCN(CC)CCNC(=O)N(CCS(=O)(=O)c1cccc2c1CCC2)C(C)C. The highest BCUT2D eigenvalue weighted by molar-refractivity contribution is 7.91. The van der Waals surface area contributed by atoms with Crippen molar-refractivity contribution in [1.82, 2.24) is 15.1 Å². The third-order valence-corrected chi connectivity index (χ3v) is 7.29. The van der Waals surface area contributed by atoms with Crippen molar-refractivity contribution in [3.05, 3.63) is 29.3 Å². The second kappa shape index (κ2) is 10.3. The summed E-state index contributed by atoms with van der Waals surface area (Å²) in [6.07, 6.45) is 2.78. The highest BCUT2D eigenvalue weighted by Gasteiger charge is 2.26. The van der Waals surface area contributed by atoms with Gasteiger partial charge in [0.05, 0.1) is 10.6 Å². The lowest BCUT2D eigenvalue weighted by Gasteiger charge is -2.28. The molecule has 0 aromatic heterocycles. The van der Waals surface area contributed by atoms with Crippen LogP contribution in [0, 0.1) is 0 Å². The summed E-state index contributed by atoms with van der Waals surface area (Å²) in [6.45, 7) is 11.4. The van der Waals surface area contributed by atoms with E-state index in [-0.39, 0.29) is 24.4 Å². The normalized spacial score (nSPS) is 13.8. The maximum absolute atomic E-state index is 13.0. The molecule has 2 amide bonds. The molecule has 1 aliphatic carbocycles. The zero-order chi connectivity index (χ0) is 20.7. The van der Waals surface area contributed by atoms with E-state index >= 15 is 0 Å². The van der Waals surface area contributed by atoms with Crippen molar-refractivity contribution >= 4 is 15.9 Å². The van der Waals surface area contributed by atoms with Gasteiger partial charge in [0, 0.05) is 25.7 Å². The maximum Gasteiger partial charge on any atom is 0.317 e. The van der Waals surface area contributed by atoms with Crippen LogP contribution in [0.15, 0.2) is 23.1 Å². The van der Waals surface area contributed by atoms with E-state index in [1.807, 2.05) is 26.0 Å². The predicted molar refractivity (Wildman–Crippen MR) is 114 cm³/mol. The van der Waals surface area contributed by atoms with Gasteiger partial charge in [-0.3, -0.25) is 0 Å². The van der Waals surface area contributed by atoms with Crippen molar-refractivity contribution in [3.8, 4) is 0 Å². The Morgan fingerprint density at radius 2 is 1.86 bits per heavy atom. The molecule has 0 saturated carbocycles. The molecule has 158 valence electrons. The standard InChI is InChI=1S/C21H35N3O3S/c1-5-23(6-2)14-13-22-21(25)24(17(3)4)15-16-28(26,27)20-12-8-10-18-9-7-11-19(18)20/h8,10,12,17H,5-7,9,11,13-16H2,1-4H3,(H,22,25). The molecule has 6 nitrogen and oxygen atoms in total. The molecule has 2 rings (SSSR count). The maximum atomic E-state index is 13.0. The third-order valence-electron chi connectivity index (χ3n) is 5.52. The highest BCUT2D eigenvalue weighted by atomic mass is 32.2. The molecule has 1 aliphatic rings. The first kappa shape index (κ1) is 22.7. The number of amides is 2. The molecule has 1 aromatic carbocycles. The summed E-state index contributed by atoms with van der Waals surface area (Å²) in [4.78, 5) is 16.9. The Balaban J connectivity index is 1.99. The molecule has 28 heavy (non-hydrogen) atoms. The van der Waals surface area contributed by atoms with Gasteiger partial charge in [0.15, 0.2) is 9.84 Å². The summed E-state index contributed by atoms with van der Waals surface area (Å²) in [7, 11) is -3.42. The largest absolute Gasteiger partial charge is 0.337 e. The van der Waals surface area contributed by atoms with Crippen LogP contribution in [0.1, 0.15) is 45.2 Å². The zero-order valence-corrected chi connectivity index (χ0v) is 18.5. The monoisotopic (exact) mass is 409 g/mol. The van der Waals surface area contributed by atoms with Crippen molar-refractivity contribution in [1.29, 1.82) is 0 Å². The number of nitrogens with zero attached hydrogens (tertiary/aromatic N) is 2. The minimum absolute atomic E-state index is 0.0505. The molecule has 1 N–H and O–H groups in total. The first-order valence-electron chi connectivity index (χ1n) is 10.4. The van der Waals surface area contributed by atoms with Gasteiger partial charge in [-0.1, -0.05) is 26.0 Å². The number of benzene rings is 1. The van der Waals surface area contributed by atoms with Gasteiger partial charge < -0.3 is 15.1 Å². The molecular formula is C21H35N3O3S. The van der Waals surface area contributed by atoms with Crippen LogP contribution in [0.3, 0.4) is 0 Å². The van der Waals surface area contributed by atoms with E-state index in [4.69, 9.17) is 0 Å². The minimum atomic E-state index is -3.42. The Hall–Kier alpha value is -1.60. The number of carbonyl (C=O) groups excluding carboxylic acids is 1. The van der Waals surface area contributed by atoms with E-state index < -0.39 is 9.84 Å². The number of carbonyl (C=O) groups is 1. The van der Waals surface area contributed by atoms with Crippen molar-refractivity contribution < 1.29 is 13.2 Å². The predicted octanol–water partition coefficient (Wildman–Crippen LogP) is 2.71. The molecule has 0 saturated heterocycles. The topological polar surface area (TPSA) is 69.7 Å². The van der Waals surface area contributed by atoms with Crippen LogP contribution in [-0.2, 0) is 22.7 Å². The number of aryl methyl sites for hydroxylation is 1. The molecule has 0 unspecified atom stereocenters. The molecule has 0 atom stereocenters. The summed E-state index contributed by atoms with van der Waals surface area (Å²) in [5, 5.41) is 2.93. The summed E-state index contributed by atoms with van der Waals surface area (Å²) in [6, 6.07) is 5.30. The number of hydrogen-bond donors (Lipinski definition) is 1. The number of fused-ring (bicyclic) bond motifs is 1. The van der Waals surface area contributed by atoms with Gasteiger partial charge in [0.1, 0.15) is 0 Å². The zero-order valence-electron chi connectivity index (χ0n) is 17.7. The van der Waals surface area contributed by atoms with E-state index in [1.165, 1.54) is 0 Å². The first-order valence-corrected chi connectivity index (χ1v) is 12.1. The van der Waals surface area contributed by atoms with E-state index in [0.717, 1.165) is 50.0 Å². The number of rotatable bonds is 10. The van der Waals surface area contributed by atoms with E-state index in [9.17, 15) is 13.2 Å². The van der Waals surface area contributed by atoms with Crippen LogP contribution in [-0.4, -0.2) is 68.8 Å². The lowest BCUT2D eigenvalue weighted by Crippen LogP contribution is -2.47. The van der Waals surface area contributed by atoms with E-state index in [1.54, 1.807) is 11.0 Å². The highest BCUT2D eigenvalue weighted by Crippen LogP contribution is 2.28. The molecule has 0 bridgehead atoms. The van der Waals surface area contributed by atoms with Crippen LogP contribution in [0.25, 0.3) is 0 Å². The van der Waals surface area contributed by atoms with Crippen LogP contribution in [0.4, 0.5) is 4.79 Å². The molecule has 1 aromatic rings. The number of likely N-dealkylation sites (N-methyl/N-ethyl adjacent to an activating group) is 1. The minimum Gasteiger partial charge on any atom is -0.337 e. The number of nitrogens with one attached hydrogen (secondary N) is 1. The summed E-state index contributed by atoms with van der Waals surface area (Å²) < 4.78 is 25.9. The van der Waals surface area contributed by atoms with Crippen LogP contribution >= 0.6 is 0 Å². The second-order valence-corrected chi connectivity index (χ2v) is 9.69. The smallest absolute Gasteiger partial charge is 0.317 e. The first-order chi connectivity index (χ1) is 13.3. The fourth-order valence-corrected chi connectivity index (χ4v) is 5.31. The van der Waals surface area contributed by atoms with Gasteiger partial charge >= 0.3 is 6.03 Å². The van der Waals surface area contributed by atoms with Gasteiger partial charge in [0.2, 0.25) is 0 Å². The van der Waals surface area contributed by atoms with E-state index in [0.29, 0.717) is 11.4 Å². The molecule has 0 heterocycles. The van der Waals surface area contributed by atoms with Gasteiger partial charge in [-0.15, -0.1) is 0 Å². The van der Waals surface area contributed by atoms with Crippen molar-refractivity contribution in [2.24, 2.45) is 0 Å².